The van der Waals surface area contributed by atoms with Gasteiger partial charge in [0.1, 0.15) is 0 Å². The summed E-state index contributed by atoms with van der Waals surface area (Å²) in [6.45, 7) is 2.89. The second-order valence-corrected chi connectivity index (χ2v) is 9.25. The minimum atomic E-state index is -0.560. The largest absolute Gasteiger partial charge is 0.450 e. The van der Waals surface area contributed by atoms with Gasteiger partial charge < -0.3 is 14.8 Å². The van der Waals surface area contributed by atoms with E-state index in [4.69, 9.17) is 19.2 Å². The maximum Gasteiger partial charge on any atom is 0.407 e. The Morgan fingerprint density at radius 2 is 1.69 bits per heavy atom. The molecule has 6 aliphatic rings. The van der Waals surface area contributed by atoms with Gasteiger partial charge in [0, 0.05) is 31.2 Å². The van der Waals surface area contributed by atoms with Gasteiger partial charge in [-0.15, -0.1) is 0 Å². The van der Waals surface area contributed by atoms with Crippen LogP contribution in [0.2, 0.25) is 0 Å². The molecule has 0 aromatic rings. The summed E-state index contributed by atoms with van der Waals surface area (Å²) in [6.07, 6.45) is 9.74. The Labute approximate surface area is 155 Å². The average molecular weight is 365 g/mol. The maximum absolute atomic E-state index is 11.5. The lowest BCUT2D eigenvalue weighted by Gasteiger charge is -2.57. The number of carbonyl (C=O) groups is 1. The number of hydrogen-bond acceptors (Lipinski definition) is 5. The fourth-order valence-corrected chi connectivity index (χ4v) is 6.53. The van der Waals surface area contributed by atoms with Gasteiger partial charge in [0.15, 0.2) is 0 Å². The van der Waals surface area contributed by atoms with Crippen LogP contribution >= 0.6 is 0 Å². The molecule has 1 amide bonds. The summed E-state index contributed by atoms with van der Waals surface area (Å²) in [6, 6.07) is 0. The van der Waals surface area contributed by atoms with Gasteiger partial charge in [-0.25, -0.2) is 4.79 Å². The van der Waals surface area contributed by atoms with E-state index in [1.54, 1.807) is 0 Å². The maximum atomic E-state index is 11.5. The monoisotopic (exact) mass is 365 g/mol. The predicted molar refractivity (Wildman–Crippen MR) is 92.7 cm³/mol. The fraction of sp³-hybridized carbons (Fsp3) is 0.950. The van der Waals surface area contributed by atoms with Crippen LogP contribution in [0.3, 0.4) is 0 Å². The first kappa shape index (κ1) is 17.3. The topological polar surface area (TPSA) is 66.0 Å². The summed E-state index contributed by atoms with van der Waals surface area (Å²) in [7, 11) is 0. The molecule has 0 aromatic heterocycles. The zero-order chi connectivity index (χ0) is 17.8. The lowest BCUT2D eigenvalue weighted by Crippen LogP contribution is -2.59. The van der Waals surface area contributed by atoms with Gasteiger partial charge in [-0.3, -0.25) is 0 Å². The van der Waals surface area contributed by atoms with Crippen molar-refractivity contribution in [2.24, 2.45) is 29.6 Å². The molecule has 0 atom stereocenters. The molecule has 2 spiro atoms. The minimum Gasteiger partial charge on any atom is -0.450 e. The van der Waals surface area contributed by atoms with Gasteiger partial charge in [0.05, 0.1) is 6.61 Å². The van der Waals surface area contributed by atoms with Crippen molar-refractivity contribution >= 4 is 6.09 Å². The Morgan fingerprint density at radius 3 is 2.31 bits per heavy atom. The summed E-state index contributed by atoms with van der Waals surface area (Å²) in [5.74, 6) is 2.22. The van der Waals surface area contributed by atoms with Gasteiger partial charge >= 0.3 is 6.09 Å². The summed E-state index contributed by atoms with van der Waals surface area (Å²) in [4.78, 5) is 23.5. The van der Waals surface area contributed by atoms with Crippen LogP contribution in [-0.4, -0.2) is 30.8 Å². The Morgan fingerprint density at radius 1 is 1.04 bits per heavy atom. The van der Waals surface area contributed by atoms with Crippen molar-refractivity contribution in [2.75, 3.05) is 13.2 Å². The standard InChI is InChI=1S/C20H31NO5/c1-2-23-18(22)21-12-13-3-5-19(6-4-13)24-20(26-25-19)16-8-14-7-15(10-16)11-17(20)9-14/h13-17H,2-12H2,1H3,(H,21,22). The molecule has 4 bridgehead atoms. The molecule has 1 aliphatic heterocycles. The van der Waals surface area contributed by atoms with E-state index in [0.29, 0.717) is 30.9 Å². The van der Waals surface area contributed by atoms with E-state index in [2.05, 4.69) is 5.32 Å². The summed E-state index contributed by atoms with van der Waals surface area (Å²) < 4.78 is 11.6. The SMILES string of the molecule is CCOC(=O)NCC1CCC2(CC1)OOC1(O2)C2CC3CC(C2)CC1C3. The Hall–Kier alpha value is -0.850. The first-order valence-corrected chi connectivity index (χ1v) is 10.6. The molecule has 5 saturated carbocycles. The molecule has 0 unspecified atom stereocenters. The van der Waals surface area contributed by atoms with E-state index >= 15 is 0 Å². The third-order valence-electron chi connectivity index (χ3n) is 7.62. The molecule has 6 fully saturated rings. The molecule has 26 heavy (non-hydrogen) atoms. The number of nitrogens with one attached hydrogen (secondary N) is 1. The highest BCUT2D eigenvalue weighted by molar-refractivity contribution is 5.67. The lowest BCUT2D eigenvalue weighted by molar-refractivity contribution is -0.390. The van der Waals surface area contributed by atoms with Crippen molar-refractivity contribution < 1.29 is 24.0 Å². The number of ether oxygens (including phenoxy) is 2. The molecule has 1 saturated heterocycles. The van der Waals surface area contributed by atoms with Crippen LogP contribution in [0.25, 0.3) is 0 Å². The molecule has 1 heterocycles. The second kappa shape index (κ2) is 6.35. The first-order chi connectivity index (χ1) is 12.6. The summed E-state index contributed by atoms with van der Waals surface area (Å²) in [5, 5.41) is 2.86. The smallest absolute Gasteiger partial charge is 0.407 e. The lowest BCUT2D eigenvalue weighted by atomic mass is 9.53. The highest BCUT2D eigenvalue weighted by Crippen LogP contribution is 2.63. The third-order valence-corrected chi connectivity index (χ3v) is 7.62. The number of hydrogen-bond donors (Lipinski definition) is 1. The number of alkyl carbamates (subject to hydrolysis) is 1. The van der Waals surface area contributed by atoms with Crippen molar-refractivity contribution in [3.05, 3.63) is 0 Å². The third kappa shape index (κ3) is 2.76. The van der Waals surface area contributed by atoms with Crippen LogP contribution < -0.4 is 5.32 Å². The molecule has 6 heteroatoms. The Balaban J connectivity index is 1.19. The Kier molecular flexibility index (Phi) is 4.22. The normalized spacial score (nSPS) is 49.0. The van der Waals surface area contributed by atoms with Gasteiger partial charge in [-0.2, -0.15) is 9.78 Å². The van der Waals surface area contributed by atoms with Crippen molar-refractivity contribution in [3.8, 4) is 0 Å². The van der Waals surface area contributed by atoms with E-state index in [-0.39, 0.29) is 6.09 Å². The van der Waals surface area contributed by atoms with E-state index in [0.717, 1.165) is 37.5 Å². The van der Waals surface area contributed by atoms with E-state index in [1.807, 2.05) is 6.92 Å². The van der Waals surface area contributed by atoms with Crippen LogP contribution in [0, 0.1) is 29.6 Å². The highest BCUT2D eigenvalue weighted by atomic mass is 17.3. The summed E-state index contributed by atoms with van der Waals surface area (Å²) in [5.41, 5.74) is 0. The highest BCUT2D eigenvalue weighted by Gasteiger charge is 2.66. The fourth-order valence-electron chi connectivity index (χ4n) is 6.53. The molecule has 6 rings (SSSR count). The number of rotatable bonds is 3. The van der Waals surface area contributed by atoms with Gasteiger partial charge in [0.25, 0.3) is 0 Å². The Bertz CT molecular complexity index is 528. The molecular formula is C20H31NO5. The van der Waals surface area contributed by atoms with Crippen molar-refractivity contribution in [3.63, 3.8) is 0 Å². The molecule has 0 aromatic carbocycles. The van der Waals surface area contributed by atoms with Crippen molar-refractivity contribution in [1.82, 2.24) is 5.32 Å². The zero-order valence-corrected chi connectivity index (χ0v) is 15.7. The van der Waals surface area contributed by atoms with E-state index in [1.165, 1.54) is 32.1 Å². The molecule has 0 radical (unpaired) electrons. The van der Waals surface area contributed by atoms with Gasteiger partial charge in [0.2, 0.25) is 11.6 Å². The molecule has 1 N–H and O–H groups in total. The minimum absolute atomic E-state index is 0.322. The van der Waals surface area contributed by atoms with Crippen LogP contribution in [0.4, 0.5) is 4.79 Å². The van der Waals surface area contributed by atoms with Crippen LogP contribution in [0.15, 0.2) is 0 Å². The zero-order valence-electron chi connectivity index (χ0n) is 15.7. The van der Waals surface area contributed by atoms with Crippen LogP contribution in [0.5, 0.6) is 0 Å². The summed E-state index contributed by atoms with van der Waals surface area (Å²) >= 11 is 0. The van der Waals surface area contributed by atoms with Crippen molar-refractivity contribution in [1.29, 1.82) is 0 Å². The quantitative estimate of drug-likeness (QED) is 0.772. The van der Waals surface area contributed by atoms with Crippen LogP contribution in [-0.2, 0) is 19.2 Å². The van der Waals surface area contributed by atoms with E-state index < -0.39 is 11.6 Å². The van der Waals surface area contributed by atoms with Crippen molar-refractivity contribution in [2.45, 2.75) is 76.3 Å². The van der Waals surface area contributed by atoms with Crippen LogP contribution in [0.1, 0.15) is 64.7 Å². The molecule has 5 aliphatic carbocycles. The number of carbonyl (C=O) groups excluding carboxylic acids is 1. The van der Waals surface area contributed by atoms with E-state index in [9.17, 15) is 4.79 Å². The van der Waals surface area contributed by atoms with Gasteiger partial charge in [-0.1, -0.05) is 0 Å². The molecule has 6 nitrogen and oxygen atoms in total. The predicted octanol–water partition coefficient (Wildman–Crippen LogP) is 3.75. The number of amides is 1. The second-order valence-electron chi connectivity index (χ2n) is 9.25. The molecular weight excluding hydrogens is 334 g/mol. The average Bonchev–Trinajstić information content (AvgIpc) is 2.99. The van der Waals surface area contributed by atoms with Gasteiger partial charge in [-0.05, 0) is 69.6 Å². The first-order valence-electron chi connectivity index (χ1n) is 10.6. The molecule has 146 valence electrons.